The van der Waals surface area contributed by atoms with Crippen LogP contribution in [0.1, 0.15) is 19.4 Å². The van der Waals surface area contributed by atoms with Crippen molar-refractivity contribution >= 4 is 23.4 Å². The first-order valence-electron chi connectivity index (χ1n) is 6.28. The second-order valence-corrected chi connectivity index (χ2v) is 6.51. The lowest BCUT2D eigenvalue weighted by Crippen LogP contribution is -2.22. The normalized spacial score (nSPS) is 11.5. The summed E-state index contributed by atoms with van der Waals surface area (Å²) in [5.41, 5.74) is 1.33. The van der Waals surface area contributed by atoms with Crippen molar-refractivity contribution in [2.24, 2.45) is 0 Å². The van der Waals surface area contributed by atoms with Gasteiger partial charge in [0.05, 0.1) is 0 Å². The van der Waals surface area contributed by atoms with Crippen molar-refractivity contribution in [3.05, 3.63) is 28.8 Å². The quantitative estimate of drug-likeness (QED) is 0.773. The zero-order chi connectivity index (χ0) is 13.5. The van der Waals surface area contributed by atoms with Crippen LogP contribution in [0.4, 0.5) is 0 Å². The highest BCUT2D eigenvalue weighted by atomic mass is 35.5. The summed E-state index contributed by atoms with van der Waals surface area (Å²) in [6.45, 7) is 6.30. The van der Waals surface area contributed by atoms with Crippen molar-refractivity contribution in [1.82, 2.24) is 10.2 Å². The molecule has 0 amide bonds. The van der Waals surface area contributed by atoms with Gasteiger partial charge in [0.25, 0.3) is 0 Å². The fraction of sp³-hybridized carbons (Fsp3) is 0.571. The zero-order valence-corrected chi connectivity index (χ0v) is 13.2. The molecular formula is C14H23ClN2S. The molecule has 0 spiro atoms. The number of thioether (sulfide) groups is 1. The standard InChI is InChI=1S/C14H23ClN2S/c1-11(2)16-10-12-5-6-13(15)9-14(12)18-8-7-17(3)4/h5-6,9,11,16H,7-8,10H2,1-4H3. The molecule has 0 bridgehead atoms. The molecule has 0 heterocycles. The fourth-order valence-corrected chi connectivity index (χ4v) is 2.91. The molecule has 0 aromatic heterocycles. The van der Waals surface area contributed by atoms with Gasteiger partial charge >= 0.3 is 0 Å². The van der Waals surface area contributed by atoms with Crippen LogP contribution in [0.2, 0.25) is 5.02 Å². The number of benzene rings is 1. The van der Waals surface area contributed by atoms with Gasteiger partial charge < -0.3 is 10.2 Å². The van der Waals surface area contributed by atoms with E-state index in [2.05, 4.69) is 50.3 Å². The van der Waals surface area contributed by atoms with Crippen LogP contribution in [0.25, 0.3) is 0 Å². The van der Waals surface area contributed by atoms with E-state index >= 15 is 0 Å². The second-order valence-electron chi connectivity index (χ2n) is 4.94. The predicted octanol–water partition coefficient (Wildman–Crippen LogP) is 3.49. The van der Waals surface area contributed by atoms with Gasteiger partial charge in [0.2, 0.25) is 0 Å². The maximum absolute atomic E-state index is 6.08. The van der Waals surface area contributed by atoms with E-state index in [0.717, 1.165) is 23.9 Å². The first kappa shape index (κ1) is 15.8. The summed E-state index contributed by atoms with van der Waals surface area (Å²) in [5, 5.41) is 4.27. The van der Waals surface area contributed by atoms with Gasteiger partial charge in [0.15, 0.2) is 0 Å². The van der Waals surface area contributed by atoms with Gasteiger partial charge in [-0.2, -0.15) is 0 Å². The van der Waals surface area contributed by atoms with E-state index in [0.29, 0.717) is 6.04 Å². The van der Waals surface area contributed by atoms with Gasteiger partial charge in [-0.15, -0.1) is 11.8 Å². The van der Waals surface area contributed by atoms with Crippen LogP contribution in [0.3, 0.4) is 0 Å². The summed E-state index contributed by atoms with van der Waals surface area (Å²) in [7, 11) is 4.19. The van der Waals surface area contributed by atoms with Gasteiger partial charge in [-0.1, -0.05) is 31.5 Å². The summed E-state index contributed by atoms with van der Waals surface area (Å²) >= 11 is 7.95. The lowest BCUT2D eigenvalue weighted by molar-refractivity contribution is 0.437. The van der Waals surface area contributed by atoms with Gasteiger partial charge in [-0.25, -0.2) is 0 Å². The zero-order valence-electron chi connectivity index (χ0n) is 11.7. The molecule has 1 aromatic carbocycles. The average Bonchev–Trinajstić information content (AvgIpc) is 2.27. The van der Waals surface area contributed by atoms with Crippen LogP contribution >= 0.6 is 23.4 Å². The van der Waals surface area contributed by atoms with Crippen LogP contribution in [0, 0.1) is 0 Å². The van der Waals surface area contributed by atoms with E-state index in [-0.39, 0.29) is 0 Å². The minimum absolute atomic E-state index is 0.500. The van der Waals surface area contributed by atoms with Crippen molar-refractivity contribution < 1.29 is 0 Å². The van der Waals surface area contributed by atoms with Crippen molar-refractivity contribution in [2.45, 2.75) is 31.3 Å². The maximum Gasteiger partial charge on any atom is 0.0417 e. The maximum atomic E-state index is 6.08. The molecule has 0 radical (unpaired) electrons. The highest BCUT2D eigenvalue weighted by Crippen LogP contribution is 2.26. The third kappa shape index (κ3) is 6.10. The van der Waals surface area contributed by atoms with Gasteiger partial charge in [-0.3, -0.25) is 0 Å². The summed E-state index contributed by atoms with van der Waals surface area (Å²) in [4.78, 5) is 3.49. The third-order valence-corrected chi connectivity index (χ3v) is 3.84. The molecule has 0 aliphatic rings. The Kier molecular flexibility index (Phi) is 7.08. The summed E-state index contributed by atoms with van der Waals surface area (Å²) in [6, 6.07) is 6.66. The number of rotatable bonds is 7. The molecule has 2 nitrogen and oxygen atoms in total. The minimum Gasteiger partial charge on any atom is -0.310 e. The molecule has 102 valence electrons. The number of nitrogens with zero attached hydrogens (tertiary/aromatic N) is 1. The van der Waals surface area contributed by atoms with Crippen LogP contribution in [-0.2, 0) is 6.54 Å². The summed E-state index contributed by atoms with van der Waals surface area (Å²) in [5.74, 6) is 1.09. The summed E-state index contributed by atoms with van der Waals surface area (Å²) in [6.07, 6.45) is 0. The topological polar surface area (TPSA) is 15.3 Å². The fourth-order valence-electron chi connectivity index (χ4n) is 1.46. The van der Waals surface area contributed by atoms with Crippen molar-refractivity contribution in [2.75, 3.05) is 26.4 Å². The number of hydrogen-bond donors (Lipinski definition) is 1. The molecule has 1 aromatic rings. The van der Waals surface area contributed by atoms with E-state index in [1.807, 2.05) is 17.8 Å². The second kappa shape index (κ2) is 8.05. The molecule has 0 saturated heterocycles. The highest BCUT2D eigenvalue weighted by molar-refractivity contribution is 7.99. The molecule has 4 heteroatoms. The van der Waals surface area contributed by atoms with Gasteiger partial charge in [-0.05, 0) is 31.8 Å². The molecular weight excluding hydrogens is 264 g/mol. The lowest BCUT2D eigenvalue weighted by atomic mass is 10.2. The number of halogens is 1. The molecule has 0 unspecified atom stereocenters. The Morgan fingerprint density at radius 1 is 1.33 bits per heavy atom. The summed E-state index contributed by atoms with van der Waals surface area (Å²) < 4.78 is 0. The first-order valence-corrected chi connectivity index (χ1v) is 7.64. The molecule has 0 atom stereocenters. The Bertz CT molecular complexity index is 367. The molecule has 1 rings (SSSR count). The average molecular weight is 287 g/mol. The van der Waals surface area contributed by atoms with Gasteiger partial charge in [0, 0.05) is 34.8 Å². The van der Waals surface area contributed by atoms with E-state index in [1.165, 1.54) is 10.5 Å². The van der Waals surface area contributed by atoms with Gasteiger partial charge in [0.1, 0.15) is 0 Å². The third-order valence-electron chi connectivity index (χ3n) is 2.53. The SMILES string of the molecule is CC(C)NCc1ccc(Cl)cc1SCCN(C)C. The van der Waals surface area contributed by atoms with Crippen LogP contribution in [0.5, 0.6) is 0 Å². The molecule has 1 N–H and O–H groups in total. The Morgan fingerprint density at radius 2 is 2.06 bits per heavy atom. The number of nitrogens with one attached hydrogen (secondary N) is 1. The smallest absolute Gasteiger partial charge is 0.0417 e. The van der Waals surface area contributed by atoms with Crippen LogP contribution in [0.15, 0.2) is 23.1 Å². The van der Waals surface area contributed by atoms with Crippen molar-refractivity contribution in [1.29, 1.82) is 0 Å². The Balaban J connectivity index is 2.64. The largest absolute Gasteiger partial charge is 0.310 e. The minimum atomic E-state index is 0.500. The van der Waals surface area contributed by atoms with Crippen molar-refractivity contribution in [3.63, 3.8) is 0 Å². The van der Waals surface area contributed by atoms with Crippen molar-refractivity contribution in [3.8, 4) is 0 Å². The van der Waals surface area contributed by atoms with E-state index in [9.17, 15) is 0 Å². The predicted molar refractivity (Wildman–Crippen MR) is 82.7 cm³/mol. The van der Waals surface area contributed by atoms with E-state index in [1.54, 1.807) is 0 Å². The van der Waals surface area contributed by atoms with Crippen LogP contribution < -0.4 is 5.32 Å². The Hall–Kier alpha value is -0.220. The molecule has 0 fully saturated rings. The lowest BCUT2D eigenvalue weighted by Gasteiger charge is -2.14. The highest BCUT2D eigenvalue weighted by Gasteiger charge is 2.05. The molecule has 0 saturated carbocycles. The Morgan fingerprint density at radius 3 is 2.67 bits per heavy atom. The molecule has 18 heavy (non-hydrogen) atoms. The Labute approximate surface area is 120 Å². The van der Waals surface area contributed by atoms with Crippen LogP contribution in [-0.4, -0.2) is 37.3 Å². The van der Waals surface area contributed by atoms with E-state index in [4.69, 9.17) is 11.6 Å². The first-order chi connectivity index (χ1) is 8.49. The molecule has 0 aliphatic heterocycles. The number of hydrogen-bond acceptors (Lipinski definition) is 3. The van der Waals surface area contributed by atoms with E-state index < -0.39 is 0 Å². The monoisotopic (exact) mass is 286 g/mol. The molecule has 0 aliphatic carbocycles.